The molecule has 1 aliphatic rings. The molecular weight excluding hydrogens is 354 g/mol. The molecule has 0 spiro atoms. The minimum Gasteiger partial charge on any atom is -0.506 e. The van der Waals surface area contributed by atoms with Crippen molar-refractivity contribution in [2.45, 2.75) is 30.7 Å². The number of nitrogens with zero attached hydrogens (tertiary/aromatic N) is 2. The van der Waals surface area contributed by atoms with E-state index in [4.69, 9.17) is 0 Å². The van der Waals surface area contributed by atoms with Gasteiger partial charge in [0.2, 0.25) is 5.91 Å². The fourth-order valence-corrected chi connectivity index (χ4v) is 5.30. The molecule has 7 heteroatoms. The van der Waals surface area contributed by atoms with Gasteiger partial charge in [0.15, 0.2) is 0 Å². The number of fused-ring (bicyclic) bond motifs is 3. The predicted octanol–water partition coefficient (Wildman–Crippen LogP) is 4.01. The van der Waals surface area contributed by atoms with E-state index in [2.05, 4.69) is 15.3 Å². The number of phenols is 1. The molecule has 1 aromatic carbocycles. The van der Waals surface area contributed by atoms with Gasteiger partial charge in [0.25, 0.3) is 0 Å². The standard InChI is InChI=1S/C18H17N3O2S2/c22-13-6-2-1-5-12(13)21-15(23)8-9-24-17-16-11-4-3-7-14(11)25-18(16)20-10-19-17/h1-2,5-6,10,22H,3-4,7-9H2,(H,21,23). The number of carbonyl (C=O) groups is 1. The van der Waals surface area contributed by atoms with Crippen LogP contribution in [-0.4, -0.2) is 26.7 Å². The molecule has 0 atom stereocenters. The highest BCUT2D eigenvalue weighted by atomic mass is 32.2. The lowest BCUT2D eigenvalue weighted by Gasteiger charge is -2.07. The van der Waals surface area contributed by atoms with Crippen LogP contribution in [-0.2, 0) is 17.6 Å². The number of thioether (sulfide) groups is 1. The largest absolute Gasteiger partial charge is 0.506 e. The van der Waals surface area contributed by atoms with Gasteiger partial charge >= 0.3 is 0 Å². The monoisotopic (exact) mass is 371 g/mol. The van der Waals surface area contributed by atoms with Crippen LogP contribution in [0.1, 0.15) is 23.3 Å². The van der Waals surface area contributed by atoms with E-state index in [1.807, 2.05) is 0 Å². The van der Waals surface area contributed by atoms with Gasteiger partial charge in [-0.1, -0.05) is 12.1 Å². The number of nitrogens with one attached hydrogen (secondary N) is 1. The summed E-state index contributed by atoms with van der Waals surface area (Å²) in [5.41, 5.74) is 1.85. The highest BCUT2D eigenvalue weighted by molar-refractivity contribution is 7.99. The molecule has 0 fully saturated rings. The third kappa shape index (κ3) is 3.34. The van der Waals surface area contributed by atoms with Crippen molar-refractivity contribution < 1.29 is 9.90 Å². The second kappa shape index (κ2) is 7.01. The molecule has 0 aliphatic heterocycles. The lowest BCUT2D eigenvalue weighted by Crippen LogP contribution is -2.12. The minimum atomic E-state index is -0.116. The highest BCUT2D eigenvalue weighted by Crippen LogP contribution is 2.40. The van der Waals surface area contributed by atoms with Gasteiger partial charge in [0, 0.05) is 22.4 Å². The Morgan fingerprint density at radius 2 is 2.16 bits per heavy atom. The van der Waals surface area contributed by atoms with E-state index in [0.29, 0.717) is 17.9 Å². The molecule has 5 nitrogen and oxygen atoms in total. The van der Waals surface area contributed by atoms with Gasteiger partial charge in [-0.15, -0.1) is 23.1 Å². The predicted molar refractivity (Wildman–Crippen MR) is 102 cm³/mol. The SMILES string of the molecule is O=C(CCSc1ncnc2sc3c(c12)CCC3)Nc1ccccc1O. The second-order valence-electron chi connectivity index (χ2n) is 5.88. The number of thiophene rings is 1. The summed E-state index contributed by atoms with van der Waals surface area (Å²) >= 11 is 3.37. The number of hydrogen-bond acceptors (Lipinski definition) is 6. The quantitative estimate of drug-likeness (QED) is 0.403. The maximum absolute atomic E-state index is 12.1. The maximum Gasteiger partial charge on any atom is 0.225 e. The van der Waals surface area contributed by atoms with Crippen molar-refractivity contribution in [2.75, 3.05) is 11.1 Å². The molecule has 0 radical (unpaired) electrons. The van der Waals surface area contributed by atoms with E-state index in [0.717, 1.165) is 22.7 Å². The number of anilines is 1. The summed E-state index contributed by atoms with van der Waals surface area (Å²) in [7, 11) is 0. The van der Waals surface area contributed by atoms with Crippen LogP contribution in [0.25, 0.3) is 10.2 Å². The molecule has 0 saturated carbocycles. The van der Waals surface area contributed by atoms with E-state index in [9.17, 15) is 9.90 Å². The number of phenolic OH excluding ortho intramolecular Hbond substituents is 1. The topological polar surface area (TPSA) is 75.1 Å². The molecule has 0 saturated heterocycles. The van der Waals surface area contributed by atoms with Crippen LogP contribution in [0.2, 0.25) is 0 Å². The number of benzene rings is 1. The smallest absolute Gasteiger partial charge is 0.225 e. The Bertz CT molecular complexity index is 939. The molecule has 25 heavy (non-hydrogen) atoms. The van der Waals surface area contributed by atoms with E-state index in [1.54, 1.807) is 53.7 Å². The van der Waals surface area contributed by atoms with Gasteiger partial charge in [0.05, 0.1) is 5.69 Å². The summed E-state index contributed by atoms with van der Waals surface area (Å²) in [6, 6.07) is 6.74. The Morgan fingerprint density at radius 3 is 3.04 bits per heavy atom. The average Bonchev–Trinajstić information content (AvgIpc) is 3.18. The van der Waals surface area contributed by atoms with Crippen molar-refractivity contribution in [1.82, 2.24) is 9.97 Å². The zero-order chi connectivity index (χ0) is 17.2. The number of aryl methyl sites for hydroxylation is 2. The fourth-order valence-electron chi connectivity index (χ4n) is 3.04. The van der Waals surface area contributed by atoms with Gasteiger partial charge in [0.1, 0.15) is 21.9 Å². The van der Waals surface area contributed by atoms with Crippen LogP contribution in [0, 0.1) is 0 Å². The Balaban J connectivity index is 1.41. The van der Waals surface area contributed by atoms with Crippen LogP contribution in [0.4, 0.5) is 5.69 Å². The molecule has 2 N–H and O–H groups in total. The third-order valence-electron chi connectivity index (χ3n) is 4.21. The van der Waals surface area contributed by atoms with Gasteiger partial charge in [-0.3, -0.25) is 4.79 Å². The van der Waals surface area contributed by atoms with Crippen molar-refractivity contribution in [2.24, 2.45) is 0 Å². The van der Waals surface area contributed by atoms with Crippen molar-refractivity contribution in [3.8, 4) is 5.75 Å². The molecule has 128 valence electrons. The normalized spacial score (nSPS) is 13.1. The molecular formula is C18H17N3O2S2. The first-order chi connectivity index (χ1) is 12.2. The van der Waals surface area contributed by atoms with Crippen molar-refractivity contribution in [3.05, 3.63) is 41.0 Å². The summed E-state index contributed by atoms with van der Waals surface area (Å²) in [6.45, 7) is 0. The lowest BCUT2D eigenvalue weighted by molar-refractivity contribution is -0.115. The van der Waals surface area contributed by atoms with E-state index >= 15 is 0 Å². The van der Waals surface area contributed by atoms with Crippen LogP contribution >= 0.6 is 23.1 Å². The first-order valence-corrected chi connectivity index (χ1v) is 9.98. The molecule has 1 amide bonds. The number of para-hydroxylation sites is 2. The first kappa shape index (κ1) is 16.4. The van der Waals surface area contributed by atoms with E-state index in [1.165, 1.54) is 22.2 Å². The summed E-state index contributed by atoms with van der Waals surface area (Å²) in [6.07, 6.45) is 5.42. The Labute approximate surface area is 153 Å². The molecule has 2 heterocycles. The van der Waals surface area contributed by atoms with Crippen LogP contribution in [0.15, 0.2) is 35.6 Å². The van der Waals surface area contributed by atoms with Crippen molar-refractivity contribution >= 4 is 44.9 Å². The van der Waals surface area contributed by atoms with Crippen LogP contribution in [0.5, 0.6) is 5.75 Å². The molecule has 3 aromatic rings. The molecule has 4 rings (SSSR count). The van der Waals surface area contributed by atoms with E-state index < -0.39 is 0 Å². The van der Waals surface area contributed by atoms with Crippen molar-refractivity contribution in [1.29, 1.82) is 0 Å². The van der Waals surface area contributed by atoms with Crippen LogP contribution in [0.3, 0.4) is 0 Å². The maximum atomic E-state index is 12.1. The summed E-state index contributed by atoms with van der Waals surface area (Å²) in [4.78, 5) is 23.4. The zero-order valence-electron chi connectivity index (χ0n) is 13.5. The summed E-state index contributed by atoms with van der Waals surface area (Å²) in [5.74, 6) is 0.598. The highest BCUT2D eigenvalue weighted by Gasteiger charge is 2.21. The van der Waals surface area contributed by atoms with Crippen LogP contribution < -0.4 is 5.32 Å². The lowest BCUT2D eigenvalue weighted by atomic mass is 10.2. The molecule has 0 bridgehead atoms. The second-order valence-corrected chi connectivity index (χ2v) is 8.05. The zero-order valence-corrected chi connectivity index (χ0v) is 15.1. The van der Waals surface area contributed by atoms with Gasteiger partial charge in [-0.05, 0) is 37.0 Å². The Kier molecular flexibility index (Phi) is 4.59. The Morgan fingerprint density at radius 1 is 1.28 bits per heavy atom. The molecule has 0 unspecified atom stereocenters. The van der Waals surface area contributed by atoms with Gasteiger partial charge in [-0.25, -0.2) is 9.97 Å². The molecule has 1 aliphatic carbocycles. The van der Waals surface area contributed by atoms with Crippen molar-refractivity contribution in [3.63, 3.8) is 0 Å². The molecule has 2 aromatic heterocycles. The fraction of sp³-hybridized carbons (Fsp3) is 0.278. The number of amides is 1. The Hall–Kier alpha value is -2.12. The number of rotatable bonds is 5. The summed E-state index contributed by atoms with van der Waals surface area (Å²) in [5, 5.41) is 14.6. The number of aromatic nitrogens is 2. The number of aromatic hydroxyl groups is 1. The number of hydrogen-bond donors (Lipinski definition) is 2. The number of carbonyl (C=O) groups excluding carboxylic acids is 1. The average molecular weight is 371 g/mol. The van der Waals surface area contributed by atoms with Gasteiger partial charge < -0.3 is 10.4 Å². The third-order valence-corrected chi connectivity index (χ3v) is 6.40. The minimum absolute atomic E-state index is 0.0786. The van der Waals surface area contributed by atoms with Gasteiger partial charge in [-0.2, -0.15) is 0 Å². The van der Waals surface area contributed by atoms with E-state index in [-0.39, 0.29) is 11.7 Å². The first-order valence-electron chi connectivity index (χ1n) is 8.18. The summed E-state index contributed by atoms with van der Waals surface area (Å²) < 4.78 is 0.